The Morgan fingerprint density at radius 1 is 1.16 bits per heavy atom. The van der Waals surface area contributed by atoms with E-state index in [1.807, 2.05) is 0 Å². The summed E-state index contributed by atoms with van der Waals surface area (Å²) in [7, 11) is 0. The highest BCUT2D eigenvalue weighted by Crippen LogP contribution is 2.21. The molecule has 0 aromatic heterocycles. The lowest BCUT2D eigenvalue weighted by molar-refractivity contribution is 0.191. The molecule has 100 valence electrons. The van der Waals surface area contributed by atoms with Crippen molar-refractivity contribution in [3.05, 3.63) is 64.1 Å². The molecule has 0 heterocycles. The predicted octanol–water partition coefficient (Wildman–Crippen LogP) is 3.87. The summed E-state index contributed by atoms with van der Waals surface area (Å²) in [6.45, 7) is 0.0992. The second kappa shape index (κ2) is 6.12. The number of hydrogen-bond donors (Lipinski definition) is 2. The quantitative estimate of drug-likeness (QED) is 0.893. The molecule has 2 nitrogen and oxygen atoms in total. The first-order chi connectivity index (χ1) is 9.06. The molecule has 0 saturated heterocycles. The smallest absolute Gasteiger partial charge is 0.147 e. The van der Waals surface area contributed by atoms with Crippen molar-refractivity contribution < 1.29 is 13.9 Å². The average molecular weight is 328 g/mol. The molecule has 0 fully saturated rings. The van der Waals surface area contributed by atoms with Crippen LogP contribution in [0, 0.1) is 11.6 Å². The molecule has 2 N–H and O–H groups in total. The molecule has 2 aromatic rings. The molecule has 2 aromatic carbocycles. The number of nitrogens with one attached hydrogen (secondary N) is 1. The lowest BCUT2D eigenvalue weighted by atomic mass is 10.1. The van der Waals surface area contributed by atoms with Gasteiger partial charge in [0.05, 0.1) is 11.8 Å². The predicted molar refractivity (Wildman–Crippen MR) is 73.9 cm³/mol. The van der Waals surface area contributed by atoms with Crippen LogP contribution in [0.1, 0.15) is 11.7 Å². The monoisotopic (exact) mass is 327 g/mol. The van der Waals surface area contributed by atoms with Gasteiger partial charge in [0, 0.05) is 11.0 Å². The maximum Gasteiger partial charge on any atom is 0.147 e. The van der Waals surface area contributed by atoms with E-state index in [0.29, 0.717) is 15.7 Å². The average Bonchev–Trinajstić information content (AvgIpc) is 2.37. The van der Waals surface area contributed by atoms with E-state index in [2.05, 4.69) is 21.2 Å². The van der Waals surface area contributed by atoms with Gasteiger partial charge in [0.1, 0.15) is 11.6 Å². The van der Waals surface area contributed by atoms with Crippen molar-refractivity contribution in [2.75, 3.05) is 11.9 Å². The van der Waals surface area contributed by atoms with Crippen LogP contribution in [0.25, 0.3) is 0 Å². The van der Waals surface area contributed by atoms with Crippen LogP contribution in [0.3, 0.4) is 0 Å². The minimum absolute atomic E-state index is 0.0992. The van der Waals surface area contributed by atoms with E-state index >= 15 is 0 Å². The lowest BCUT2D eigenvalue weighted by Crippen LogP contribution is -2.13. The number of aliphatic hydroxyl groups is 1. The van der Waals surface area contributed by atoms with Crippen molar-refractivity contribution in [1.29, 1.82) is 0 Å². The zero-order valence-electron chi connectivity index (χ0n) is 9.91. The summed E-state index contributed by atoms with van der Waals surface area (Å²) in [6.07, 6.45) is -0.904. The van der Waals surface area contributed by atoms with Gasteiger partial charge in [0.2, 0.25) is 0 Å². The Bertz CT molecular complexity index is 577. The fourth-order valence-electron chi connectivity index (χ4n) is 1.67. The molecule has 5 heteroatoms. The molecule has 0 spiro atoms. The van der Waals surface area contributed by atoms with Crippen LogP contribution in [-0.4, -0.2) is 11.7 Å². The Labute approximate surface area is 118 Å². The van der Waals surface area contributed by atoms with Crippen molar-refractivity contribution in [3.63, 3.8) is 0 Å². The molecule has 0 aliphatic carbocycles. The molecule has 0 radical (unpaired) electrons. The van der Waals surface area contributed by atoms with E-state index in [9.17, 15) is 13.9 Å². The van der Waals surface area contributed by atoms with E-state index in [4.69, 9.17) is 0 Å². The SMILES string of the molecule is OC(CNc1ccc(Br)cc1F)c1cccc(F)c1. The first-order valence-electron chi connectivity index (χ1n) is 5.69. The maximum atomic E-state index is 13.5. The molecule has 0 aliphatic rings. The fourth-order valence-corrected chi connectivity index (χ4v) is 2.00. The Kier molecular flexibility index (Phi) is 4.50. The summed E-state index contributed by atoms with van der Waals surface area (Å²) in [5.74, 6) is -0.827. The normalized spacial score (nSPS) is 12.2. The van der Waals surface area contributed by atoms with Crippen molar-refractivity contribution in [2.45, 2.75) is 6.10 Å². The number of hydrogen-bond acceptors (Lipinski definition) is 2. The van der Waals surface area contributed by atoms with Gasteiger partial charge >= 0.3 is 0 Å². The molecular formula is C14H12BrF2NO. The largest absolute Gasteiger partial charge is 0.387 e. The maximum absolute atomic E-state index is 13.5. The Morgan fingerprint density at radius 2 is 1.95 bits per heavy atom. The highest BCUT2D eigenvalue weighted by molar-refractivity contribution is 9.10. The lowest BCUT2D eigenvalue weighted by Gasteiger charge is -2.14. The van der Waals surface area contributed by atoms with Gasteiger partial charge in [-0.05, 0) is 35.9 Å². The first-order valence-corrected chi connectivity index (χ1v) is 6.48. The van der Waals surface area contributed by atoms with Crippen LogP contribution in [-0.2, 0) is 0 Å². The van der Waals surface area contributed by atoms with Crippen molar-refractivity contribution in [2.24, 2.45) is 0 Å². The third kappa shape index (κ3) is 3.75. The molecule has 0 saturated carbocycles. The van der Waals surface area contributed by atoms with Crippen molar-refractivity contribution >= 4 is 21.6 Å². The first kappa shape index (κ1) is 14.0. The minimum atomic E-state index is -0.904. The van der Waals surface area contributed by atoms with Crippen LogP contribution in [0.15, 0.2) is 46.9 Å². The summed E-state index contributed by atoms with van der Waals surface area (Å²) in [5.41, 5.74) is 0.740. The van der Waals surface area contributed by atoms with E-state index in [1.165, 1.54) is 24.3 Å². The standard InChI is InChI=1S/C14H12BrF2NO/c15-10-4-5-13(12(17)7-10)18-8-14(19)9-2-1-3-11(16)6-9/h1-7,14,18-19H,8H2. The summed E-state index contributed by atoms with van der Waals surface area (Å²) in [6, 6.07) is 10.3. The molecule has 1 unspecified atom stereocenters. The Balaban J connectivity index is 2.02. The van der Waals surface area contributed by atoms with Gasteiger partial charge in [0.15, 0.2) is 0 Å². The minimum Gasteiger partial charge on any atom is -0.387 e. The number of benzene rings is 2. The fraction of sp³-hybridized carbons (Fsp3) is 0.143. The molecule has 0 aliphatic heterocycles. The molecule has 0 bridgehead atoms. The van der Waals surface area contributed by atoms with Gasteiger partial charge in [-0.2, -0.15) is 0 Å². The summed E-state index contributed by atoms with van der Waals surface area (Å²) < 4.78 is 27.2. The van der Waals surface area contributed by atoms with E-state index < -0.39 is 17.7 Å². The van der Waals surface area contributed by atoms with Gasteiger partial charge in [-0.15, -0.1) is 0 Å². The van der Waals surface area contributed by atoms with Gasteiger partial charge in [0.25, 0.3) is 0 Å². The van der Waals surface area contributed by atoms with Crippen LogP contribution < -0.4 is 5.32 Å². The number of halogens is 3. The summed E-state index contributed by atoms with van der Waals surface area (Å²) >= 11 is 3.16. The van der Waals surface area contributed by atoms with Crippen LogP contribution in [0.2, 0.25) is 0 Å². The topological polar surface area (TPSA) is 32.3 Å². The highest BCUT2D eigenvalue weighted by atomic mass is 79.9. The van der Waals surface area contributed by atoms with E-state index in [0.717, 1.165) is 0 Å². The second-order valence-electron chi connectivity index (χ2n) is 4.08. The molecule has 19 heavy (non-hydrogen) atoms. The van der Waals surface area contributed by atoms with Crippen LogP contribution in [0.5, 0.6) is 0 Å². The van der Waals surface area contributed by atoms with Gasteiger partial charge < -0.3 is 10.4 Å². The molecule has 0 amide bonds. The van der Waals surface area contributed by atoms with Crippen LogP contribution >= 0.6 is 15.9 Å². The third-order valence-corrected chi connectivity index (χ3v) is 3.14. The van der Waals surface area contributed by atoms with E-state index in [1.54, 1.807) is 18.2 Å². The molecule has 2 rings (SSSR count). The number of aliphatic hydroxyl groups excluding tert-OH is 1. The third-order valence-electron chi connectivity index (χ3n) is 2.65. The molecule has 1 atom stereocenters. The summed E-state index contributed by atoms with van der Waals surface area (Å²) in [4.78, 5) is 0. The van der Waals surface area contributed by atoms with Gasteiger partial charge in [-0.3, -0.25) is 0 Å². The van der Waals surface area contributed by atoms with E-state index in [-0.39, 0.29) is 6.54 Å². The van der Waals surface area contributed by atoms with Gasteiger partial charge in [-0.25, -0.2) is 8.78 Å². The Morgan fingerprint density at radius 3 is 2.63 bits per heavy atom. The van der Waals surface area contributed by atoms with Gasteiger partial charge in [-0.1, -0.05) is 28.1 Å². The second-order valence-corrected chi connectivity index (χ2v) is 4.99. The van der Waals surface area contributed by atoms with Crippen LogP contribution in [0.4, 0.5) is 14.5 Å². The van der Waals surface area contributed by atoms with Crippen molar-refractivity contribution in [1.82, 2.24) is 0 Å². The zero-order valence-corrected chi connectivity index (χ0v) is 11.5. The molecular weight excluding hydrogens is 316 g/mol. The number of rotatable bonds is 4. The summed E-state index contributed by atoms with van der Waals surface area (Å²) in [5, 5.41) is 12.7. The number of anilines is 1. The Hall–Kier alpha value is -1.46. The highest BCUT2D eigenvalue weighted by Gasteiger charge is 2.09. The van der Waals surface area contributed by atoms with Crippen molar-refractivity contribution in [3.8, 4) is 0 Å². The zero-order chi connectivity index (χ0) is 13.8.